The number of carbonyl (C=O) groups excluding carboxylic acids is 3. The fourth-order valence-electron chi connectivity index (χ4n) is 1.59. The number of primary amides is 1. The summed E-state index contributed by atoms with van der Waals surface area (Å²) in [6.07, 6.45) is 0.871. The van der Waals surface area contributed by atoms with Crippen molar-refractivity contribution in [1.82, 2.24) is 10.6 Å². The van der Waals surface area contributed by atoms with Crippen LogP contribution in [0.1, 0.15) is 33.1 Å². The Kier molecular flexibility index (Phi) is 7.99. The molecule has 0 radical (unpaired) electrons. The van der Waals surface area contributed by atoms with Crippen LogP contribution < -0.4 is 22.1 Å². The zero-order valence-electron chi connectivity index (χ0n) is 12.1. The molecular weight excluding hydrogens is 280 g/mol. The second kappa shape index (κ2) is 8.90. The second-order valence-corrected chi connectivity index (χ2v) is 4.76. The van der Waals surface area contributed by atoms with Crippen molar-refractivity contribution < 1.29 is 24.3 Å². The van der Waals surface area contributed by atoms with Crippen molar-refractivity contribution in [1.29, 1.82) is 0 Å². The lowest BCUT2D eigenvalue weighted by atomic mass is 10.0. The normalized spacial score (nSPS) is 14.6. The average molecular weight is 302 g/mol. The van der Waals surface area contributed by atoms with E-state index < -0.39 is 35.9 Å². The van der Waals surface area contributed by atoms with Crippen LogP contribution in [0.3, 0.4) is 0 Å². The molecule has 0 aromatic heterocycles. The van der Waals surface area contributed by atoms with Crippen LogP contribution in [0.15, 0.2) is 0 Å². The highest BCUT2D eigenvalue weighted by molar-refractivity contribution is 5.86. The summed E-state index contributed by atoms with van der Waals surface area (Å²) in [4.78, 5) is 44.2. The molecule has 0 saturated carbocycles. The third-order valence-electron chi connectivity index (χ3n) is 2.79. The Balaban J connectivity index is 4.19. The quantitative estimate of drug-likeness (QED) is 0.332. The van der Waals surface area contributed by atoms with E-state index in [9.17, 15) is 19.2 Å². The maximum Gasteiger partial charge on any atom is 0.325 e. The van der Waals surface area contributed by atoms with Gasteiger partial charge in [-0.1, -0.05) is 0 Å². The second-order valence-electron chi connectivity index (χ2n) is 4.76. The number of rotatable bonds is 9. The molecule has 0 aliphatic heterocycles. The summed E-state index contributed by atoms with van der Waals surface area (Å²) in [5.41, 5.74) is 10.8. The van der Waals surface area contributed by atoms with Gasteiger partial charge >= 0.3 is 5.97 Å². The van der Waals surface area contributed by atoms with E-state index in [-0.39, 0.29) is 18.7 Å². The van der Waals surface area contributed by atoms with Gasteiger partial charge in [0.25, 0.3) is 0 Å². The summed E-state index contributed by atoms with van der Waals surface area (Å²) in [5, 5.41) is 13.3. The van der Waals surface area contributed by atoms with Crippen molar-refractivity contribution in [3.8, 4) is 0 Å². The van der Waals surface area contributed by atoms with E-state index in [0.717, 1.165) is 0 Å². The van der Waals surface area contributed by atoms with Crippen LogP contribution in [0.25, 0.3) is 0 Å². The molecule has 0 aromatic carbocycles. The van der Waals surface area contributed by atoms with Gasteiger partial charge in [0.2, 0.25) is 17.7 Å². The van der Waals surface area contributed by atoms with Gasteiger partial charge in [-0.2, -0.15) is 0 Å². The van der Waals surface area contributed by atoms with Crippen molar-refractivity contribution in [3.63, 3.8) is 0 Å². The van der Waals surface area contributed by atoms with Gasteiger partial charge in [0, 0.05) is 6.92 Å². The fourth-order valence-corrected chi connectivity index (χ4v) is 1.59. The number of hydrogen-bond donors (Lipinski definition) is 5. The highest BCUT2D eigenvalue weighted by Crippen LogP contribution is 2.04. The first-order chi connectivity index (χ1) is 9.65. The van der Waals surface area contributed by atoms with Crippen molar-refractivity contribution in [2.45, 2.75) is 51.2 Å². The maximum atomic E-state index is 11.6. The molecular formula is C12H22N4O5. The molecule has 0 aliphatic rings. The van der Waals surface area contributed by atoms with Crippen molar-refractivity contribution >= 4 is 23.7 Å². The van der Waals surface area contributed by atoms with Crippen LogP contribution in [0, 0.1) is 0 Å². The largest absolute Gasteiger partial charge is 0.480 e. The highest BCUT2D eigenvalue weighted by atomic mass is 16.4. The minimum Gasteiger partial charge on any atom is -0.480 e. The number of nitrogens with two attached hydrogens (primary N) is 2. The Labute approximate surface area is 122 Å². The lowest BCUT2D eigenvalue weighted by Crippen LogP contribution is -2.47. The van der Waals surface area contributed by atoms with Gasteiger partial charge in [0.05, 0.1) is 6.04 Å². The van der Waals surface area contributed by atoms with Gasteiger partial charge in [0.15, 0.2) is 0 Å². The van der Waals surface area contributed by atoms with Crippen LogP contribution in [0.2, 0.25) is 0 Å². The molecule has 9 nitrogen and oxygen atoms in total. The van der Waals surface area contributed by atoms with E-state index >= 15 is 0 Å². The number of carboxylic acids is 1. The molecule has 0 aliphatic carbocycles. The molecule has 0 aromatic rings. The summed E-state index contributed by atoms with van der Waals surface area (Å²) < 4.78 is 0. The molecule has 120 valence electrons. The fraction of sp³-hybridized carbons (Fsp3) is 0.667. The molecule has 0 rings (SSSR count). The third-order valence-corrected chi connectivity index (χ3v) is 2.79. The molecule has 0 heterocycles. The molecule has 9 heteroatoms. The molecule has 0 spiro atoms. The van der Waals surface area contributed by atoms with Gasteiger partial charge in [-0.25, -0.2) is 0 Å². The Morgan fingerprint density at radius 1 is 1.14 bits per heavy atom. The van der Waals surface area contributed by atoms with Crippen LogP contribution in [0.4, 0.5) is 0 Å². The predicted molar refractivity (Wildman–Crippen MR) is 73.9 cm³/mol. The highest BCUT2D eigenvalue weighted by Gasteiger charge is 2.21. The van der Waals surface area contributed by atoms with Crippen LogP contribution >= 0.6 is 0 Å². The van der Waals surface area contributed by atoms with Crippen molar-refractivity contribution in [2.24, 2.45) is 11.5 Å². The molecule has 0 saturated heterocycles. The maximum absolute atomic E-state index is 11.6. The smallest absolute Gasteiger partial charge is 0.325 e. The first kappa shape index (κ1) is 18.8. The van der Waals surface area contributed by atoms with Gasteiger partial charge < -0.3 is 27.2 Å². The standard InChI is InChI=1S/C12H22N4O5/c1-6(12(20)21)15-11(19)8(13)4-3-5-9(10(14)18)16-7(2)17/h6,8-9H,3-5,13H2,1-2H3,(H2,14,18)(H,15,19)(H,16,17)(H,20,21)/t6-,8+,9-/m1/s1. The van der Waals surface area contributed by atoms with Crippen LogP contribution in [-0.2, 0) is 19.2 Å². The lowest BCUT2D eigenvalue weighted by Gasteiger charge is -2.17. The number of aliphatic carboxylic acids is 1. The number of carbonyl (C=O) groups is 4. The Morgan fingerprint density at radius 3 is 2.14 bits per heavy atom. The number of amides is 3. The number of hydrogen-bond acceptors (Lipinski definition) is 5. The van der Waals surface area contributed by atoms with Gasteiger partial charge in [-0.15, -0.1) is 0 Å². The molecule has 3 atom stereocenters. The summed E-state index contributed by atoms with van der Waals surface area (Å²) >= 11 is 0. The molecule has 3 amide bonds. The summed E-state index contributed by atoms with van der Waals surface area (Å²) in [6.45, 7) is 2.59. The van der Waals surface area contributed by atoms with Gasteiger partial charge in [-0.3, -0.25) is 19.2 Å². The monoisotopic (exact) mass is 302 g/mol. The van der Waals surface area contributed by atoms with Crippen molar-refractivity contribution in [2.75, 3.05) is 0 Å². The number of carboxylic acid groups (broad SMARTS) is 1. The van der Waals surface area contributed by atoms with E-state index in [2.05, 4.69) is 10.6 Å². The average Bonchev–Trinajstić information content (AvgIpc) is 2.36. The van der Waals surface area contributed by atoms with Crippen molar-refractivity contribution in [3.05, 3.63) is 0 Å². The van der Waals surface area contributed by atoms with Gasteiger partial charge in [-0.05, 0) is 26.2 Å². The van der Waals surface area contributed by atoms with Crippen LogP contribution in [-0.4, -0.2) is 46.9 Å². The molecule has 0 fully saturated rings. The first-order valence-corrected chi connectivity index (χ1v) is 6.50. The Morgan fingerprint density at radius 2 is 1.71 bits per heavy atom. The summed E-state index contributed by atoms with van der Waals surface area (Å²) in [7, 11) is 0. The zero-order valence-corrected chi connectivity index (χ0v) is 12.1. The minimum absolute atomic E-state index is 0.238. The van der Waals surface area contributed by atoms with E-state index in [1.165, 1.54) is 13.8 Å². The first-order valence-electron chi connectivity index (χ1n) is 6.50. The molecule has 0 unspecified atom stereocenters. The topological polar surface area (TPSA) is 165 Å². The van der Waals surface area contributed by atoms with E-state index in [0.29, 0.717) is 6.42 Å². The third kappa shape index (κ3) is 7.88. The molecule has 7 N–H and O–H groups in total. The molecule has 0 bridgehead atoms. The summed E-state index contributed by atoms with van der Waals surface area (Å²) in [5.74, 6) is -2.78. The van der Waals surface area contributed by atoms with Crippen LogP contribution in [0.5, 0.6) is 0 Å². The summed E-state index contributed by atoms with van der Waals surface area (Å²) in [6, 6.07) is -2.73. The zero-order chi connectivity index (χ0) is 16.6. The number of nitrogens with one attached hydrogen (secondary N) is 2. The lowest BCUT2D eigenvalue weighted by molar-refractivity contribution is -0.141. The minimum atomic E-state index is -1.16. The predicted octanol–water partition coefficient (Wildman–Crippen LogP) is -1.94. The van der Waals surface area contributed by atoms with Gasteiger partial charge in [0.1, 0.15) is 12.1 Å². The Hall–Kier alpha value is -2.16. The van der Waals surface area contributed by atoms with E-state index in [4.69, 9.17) is 16.6 Å². The van der Waals surface area contributed by atoms with E-state index in [1.807, 2.05) is 0 Å². The SMILES string of the molecule is CC(=O)N[C@H](CCC[C@H](N)C(=O)N[C@H](C)C(=O)O)C(N)=O. The van der Waals surface area contributed by atoms with E-state index in [1.54, 1.807) is 0 Å². The Bertz CT molecular complexity index is 412. The molecule has 21 heavy (non-hydrogen) atoms.